The maximum absolute atomic E-state index is 11.2. The van der Waals surface area contributed by atoms with Crippen LogP contribution in [-0.2, 0) is 6.54 Å². The quantitative estimate of drug-likeness (QED) is 0.902. The zero-order chi connectivity index (χ0) is 13.1. The minimum absolute atomic E-state index is 0.230. The molecule has 4 nitrogen and oxygen atoms in total. The molecule has 0 saturated heterocycles. The number of aryl methyl sites for hydroxylation is 1. The topological polar surface area (TPSA) is 62.2 Å². The van der Waals surface area contributed by atoms with Crippen molar-refractivity contribution in [2.75, 3.05) is 5.32 Å². The molecule has 2 heterocycles. The summed E-state index contributed by atoms with van der Waals surface area (Å²) in [5, 5.41) is 14.2. The number of aromatic nitrogens is 1. The minimum Gasteiger partial charge on any atom is -0.478 e. The number of carboxylic acids is 1. The van der Waals surface area contributed by atoms with Gasteiger partial charge in [-0.3, -0.25) is 0 Å². The molecule has 0 radical (unpaired) electrons. The number of aromatic carboxylic acids is 1. The molecule has 0 fully saturated rings. The molecular formula is C12H11BrN2O2S. The first-order chi connectivity index (χ1) is 8.58. The molecule has 94 valence electrons. The van der Waals surface area contributed by atoms with Gasteiger partial charge in [0.2, 0.25) is 0 Å². The maximum atomic E-state index is 11.2. The van der Waals surface area contributed by atoms with Crippen molar-refractivity contribution in [3.8, 4) is 0 Å². The number of nitrogens with zero attached hydrogens (tertiary/aromatic N) is 1. The van der Waals surface area contributed by atoms with E-state index < -0.39 is 5.97 Å². The number of halogens is 1. The number of rotatable bonds is 4. The van der Waals surface area contributed by atoms with E-state index in [9.17, 15) is 4.79 Å². The van der Waals surface area contributed by atoms with Gasteiger partial charge in [-0.1, -0.05) is 0 Å². The van der Waals surface area contributed by atoms with Crippen LogP contribution in [0.3, 0.4) is 0 Å². The molecule has 0 aliphatic carbocycles. The average molecular weight is 327 g/mol. The molecular weight excluding hydrogens is 316 g/mol. The number of hydrogen-bond acceptors (Lipinski definition) is 4. The second kappa shape index (κ2) is 5.49. The van der Waals surface area contributed by atoms with E-state index in [0.29, 0.717) is 17.9 Å². The lowest BCUT2D eigenvalue weighted by atomic mass is 10.1. The first-order valence-corrected chi connectivity index (χ1v) is 6.91. The summed E-state index contributed by atoms with van der Waals surface area (Å²) in [4.78, 5) is 16.4. The van der Waals surface area contributed by atoms with Gasteiger partial charge in [-0.2, -0.15) is 0 Å². The Kier molecular flexibility index (Phi) is 3.98. The predicted octanol–water partition coefficient (Wildman–Crippen LogP) is 3.52. The van der Waals surface area contributed by atoms with Crippen LogP contribution in [0.15, 0.2) is 28.2 Å². The van der Waals surface area contributed by atoms with Crippen molar-refractivity contribution in [1.82, 2.24) is 4.98 Å². The van der Waals surface area contributed by atoms with Crippen molar-refractivity contribution in [3.63, 3.8) is 0 Å². The molecule has 0 atom stereocenters. The van der Waals surface area contributed by atoms with Crippen molar-refractivity contribution in [2.24, 2.45) is 0 Å². The molecule has 2 rings (SSSR count). The molecule has 0 aliphatic heterocycles. The molecule has 0 spiro atoms. The van der Waals surface area contributed by atoms with Crippen LogP contribution in [0, 0.1) is 6.92 Å². The maximum Gasteiger partial charge on any atom is 0.339 e. The Morgan fingerprint density at radius 2 is 2.39 bits per heavy atom. The number of pyridine rings is 1. The van der Waals surface area contributed by atoms with E-state index in [2.05, 4.69) is 26.2 Å². The molecule has 0 unspecified atom stereocenters. The van der Waals surface area contributed by atoms with Crippen molar-refractivity contribution in [1.29, 1.82) is 0 Å². The first kappa shape index (κ1) is 13.0. The molecule has 2 aromatic rings. The average Bonchev–Trinajstić information content (AvgIpc) is 2.72. The van der Waals surface area contributed by atoms with E-state index in [1.807, 2.05) is 11.4 Å². The summed E-state index contributed by atoms with van der Waals surface area (Å²) in [6.45, 7) is 2.32. The summed E-state index contributed by atoms with van der Waals surface area (Å²) in [6.07, 6.45) is 1.61. The van der Waals surface area contributed by atoms with Gasteiger partial charge in [-0.05, 0) is 40.5 Å². The Morgan fingerprint density at radius 1 is 1.61 bits per heavy atom. The lowest BCUT2D eigenvalue weighted by molar-refractivity contribution is 0.0697. The lowest BCUT2D eigenvalue weighted by Crippen LogP contribution is -2.09. The van der Waals surface area contributed by atoms with Gasteiger partial charge in [0.25, 0.3) is 0 Å². The van der Waals surface area contributed by atoms with Crippen LogP contribution in [0.1, 0.15) is 20.8 Å². The standard InChI is InChI=1S/C12H11BrN2O2S/c1-7-2-3-14-11(10(7)12(16)17)15-5-9-4-8(13)6-18-9/h2-4,6H,5H2,1H3,(H,14,15)(H,16,17). The van der Waals surface area contributed by atoms with E-state index in [1.54, 1.807) is 30.5 Å². The monoisotopic (exact) mass is 326 g/mol. The van der Waals surface area contributed by atoms with Crippen LogP contribution in [0.4, 0.5) is 5.82 Å². The SMILES string of the molecule is Cc1ccnc(NCc2cc(Br)cs2)c1C(=O)O. The van der Waals surface area contributed by atoms with Crippen molar-refractivity contribution in [2.45, 2.75) is 13.5 Å². The largest absolute Gasteiger partial charge is 0.478 e. The molecule has 0 aromatic carbocycles. The van der Waals surface area contributed by atoms with E-state index >= 15 is 0 Å². The molecule has 18 heavy (non-hydrogen) atoms. The minimum atomic E-state index is -0.963. The van der Waals surface area contributed by atoms with Crippen LogP contribution in [0.25, 0.3) is 0 Å². The van der Waals surface area contributed by atoms with E-state index in [-0.39, 0.29) is 5.56 Å². The normalized spacial score (nSPS) is 10.3. The summed E-state index contributed by atoms with van der Waals surface area (Å²) < 4.78 is 1.03. The number of anilines is 1. The Morgan fingerprint density at radius 3 is 3.00 bits per heavy atom. The third kappa shape index (κ3) is 2.88. The Balaban J connectivity index is 2.19. The summed E-state index contributed by atoms with van der Waals surface area (Å²) in [5.74, 6) is -0.553. The number of nitrogens with one attached hydrogen (secondary N) is 1. The van der Waals surface area contributed by atoms with Gasteiger partial charge in [0.15, 0.2) is 0 Å². The highest BCUT2D eigenvalue weighted by Gasteiger charge is 2.14. The third-order valence-corrected chi connectivity index (χ3v) is 4.12. The fourth-order valence-electron chi connectivity index (χ4n) is 1.58. The predicted molar refractivity (Wildman–Crippen MR) is 75.3 cm³/mol. The molecule has 2 aromatic heterocycles. The highest BCUT2D eigenvalue weighted by Crippen LogP contribution is 2.22. The first-order valence-electron chi connectivity index (χ1n) is 5.23. The lowest BCUT2D eigenvalue weighted by Gasteiger charge is -2.09. The molecule has 2 N–H and O–H groups in total. The van der Waals surface area contributed by atoms with Gasteiger partial charge in [0.05, 0.1) is 6.54 Å². The van der Waals surface area contributed by atoms with E-state index in [4.69, 9.17) is 5.11 Å². The Labute approximate surface area is 117 Å². The number of hydrogen-bond donors (Lipinski definition) is 2. The number of thiophene rings is 1. The smallest absolute Gasteiger partial charge is 0.339 e. The molecule has 6 heteroatoms. The number of carboxylic acid groups (broad SMARTS) is 1. The van der Waals surface area contributed by atoms with Gasteiger partial charge in [-0.25, -0.2) is 9.78 Å². The zero-order valence-corrected chi connectivity index (χ0v) is 12.0. The van der Waals surface area contributed by atoms with Gasteiger partial charge in [0.1, 0.15) is 11.4 Å². The second-order valence-electron chi connectivity index (χ2n) is 3.74. The fourth-order valence-corrected chi connectivity index (χ4v) is 2.97. The Hall–Kier alpha value is -1.40. The molecule has 0 bridgehead atoms. The molecule has 0 aliphatic rings. The Bertz CT molecular complexity index is 583. The zero-order valence-electron chi connectivity index (χ0n) is 9.61. The van der Waals surface area contributed by atoms with Gasteiger partial charge >= 0.3 is 5.97 Å². The summed E-state index contributed by atoms with van der Waals surface area (Å²) in [5.41, 5.74) is 0.931. The van der Waals surface area contributed by atoms with Crippen LogP contribution in [0.5, 0.6) is 0 Å². The third-order valence-electron chi connectivity index (χ3n) is 2.43. The fraction of sp³-hybridized carbons (Fsp3) is 0.167. The van der Waals surface area contributed by atoms with Gasteiger partial charge in [0, 0.05) is 20.9 Å². The van der Waals surface area contributed by atoms with Gasteiger partial charge < -0.3 is 10.4 Å². The van der Waals surface area contributed by atoms with Gasteiger partial charge in [-0.15, -0.1) is 11.3 Å². The second-order valence-corrected chi connectivity index (χ2v) is 5.65. The van der Waals surface area contributed by atoms with Crippen molar-refractivity contribution < 1.29 is 9.90 Å². The highest BCUT2D eigenvalue weighted by molar-refractivity contribution is 9.10. The van der Waals surface area contributed by atoms with Crippen LogP contribution in [0.2, 0.25) is 0 Å². The highest BCUT2D eigenvalue weighted by atomic mass is 79.9. The summed E-state index contributed by atoms with van der Waals surface area (Å²) in [6, 6.07) is 3.68. The van der Waals surface area contributed by atoms with E-state index in [0.717, 1.165) is 9.35 Å². The summed E-state index contributed by atoms with van der Waals surface area (Å²) in [7, 11) is 0. The van der Waals surface area contributed by atoms with E-state index in [1.165, 1.54) is 0 Å². The summed E-state index contributed by atoms with van der Waals surface area (Å²) >= 11 is 4.98. The number of carbonyl (C=O) groups is 1. The molecule has 0 amide bonds. The van der Waals surface area contributed by atoms with Crippen LogP contribution in [-0.4, -0.2) is 16.1 Å². The van der Waals surface area contributed by atoms with Crippen LogP contribution < -0.4 is 5.32 Å². The van der Waals surface area contributed by atoms with Crippen molar-refractivity contribution >= 4 is 39.1 Å². The van der Waals surface area contributed by atoms with Crippen LogP contribution >= 0.6 is 27.3 Å². The van der Waals surface area contributed by atoms with Crippen molar-refractivity contribution in [3.05, 3.63) is 44.2 Å². The molecule has 0 saturated carbocycles.